The monoisotopic (exact) mass is 297 g/mol. The van der Waals surface area contributed by atoms with E-state index < -0.39 is 0 Å². The predicted octanol–water partition coefficient (Wildman–Crippen LogP) is 3.82. The van der Waals surface area contributed by atoms with Crippen LogP contribution >= 0.6 is 0 Å². The van der Waals surface area contributed by atoms with Gasteiger partial charge in [0, 0.05) is 18.0 Å². The number of anilines is 1. The zero-order chi connectivity index (χ0) is 15.9. The van der Waals surface area contributed by atoms with E-state index in [9.17, 15) is 4.79 Å². The Kier molecular flexibility index (Phi) is 5.20. The second kappa shape index (κ2) is 7.31. The molecule has 114 valence electrons. The van der Waals surface area contributed by atoms with Gasteiger partial charge in [-0.05, 0) is 42.8 Å². The highest BCUT2D eigenvalue weighted by Gasteiger charge is 2.10. The van der Waals surface area contributed by atoms with Crippen LogP contribution < -0.4 is 14.8 Å². The molecule has 0 atom stereocenters. The molecule has 22 heavy (non-hydrogen) atoms. The first-order valence-electron chi connectivity index (χ1n) is 6.90. The Labute approximate surface area is 130 Å². The summed E-state index contributed by atoms with van der Waals surface area (Å²) >= 11 is 0. The zero-order valence-corrected chi connectivity index (χ0v) is 12.9. The SMILES string of the molecule is COc1ccc(OC)c(C(=O)C=CNc2cccc(C)c2)c1. The molecule has 0 unspecified atom stereocenters. The molecule has 4 nitrogen and oxygen atoms in total. The predicted molar refractivity (Wildman–Crippen MR) is 87.8 cm³/mol. The lowest BCUT2D eigenvalue weighted by Gasteiger charge is -2.08. The van der Waals surface area contributed by atoms with Crippen LogP contribution in [0.3, 0.4) is 0 Å². The maximum Gasteiger partial charge on any atom is 0.191 e. The van der Waals surface area contributed by atoms with Gasteiger partial charge >= 0.3 is 0 Å². The Balaban J connectivity index is 2.13. The number of nitrogens with one attached hydrogen (secondary N) is 1. The summed E-state index contributed by atoms with van der Waals surface area (Å²) in [5.74, 6) is 0.978. The summed E-state index contributed by atoms with van der Waals surface area (Å²) in [6.07, 6.45) is 3.09. The van der Waals surface area contributed by atoms with E-state index in [4.69, 9.17) is 9.47 Å². The minimum Gasteiger partial charge on any atom is -0.497 e. The number of aryl methyl sites for hydroxylation is 1. The molecule has 0 spiro atoms. The first-order chi connectivity index (χ1) is 10.6. The molecule has 0 fully saturated rings. The smallest absolute Gasteiger partial charge is 0.191 e. The molecule has 0 aliphatic heterocycles. The van der Waals surface area contributed by atoms with Crippen LogP contribution in [0.5, 0.6) is 11.5 Å². The van der Waals surface area contributed by atoms with E-state index in [2.05, 4.69) is 5.32 Å². The molecule has 0 heterocycles. The molecular formula is C18H19NO3. The van der Waals surface area contributed by atoms with Crippen molar-refractivity contribution in [1.82, 2.24) is 0 Å². The number of methoxy groups -OCH3 is 2. The van der Waals surface area contributed by atoms with Crippen molar-refractivity contribution in [3.8, 4) is 11.5 Å². The first-order valence-corrected chi connectivity index (χ1v) is 6.90. The Hall–Kier alpha value is -2.75. The van der Waals surface area contributed by atoms with Crippen LogP contribution in [0.4, 0.5) is 5.69 Å². The second-order valence-corrected chi connectivity index (χ2v) is 4.78. The molecule has 0 aliphatic rings. The van der Waals surface area contributed by atoms with Crippen LogP contribution in [0.1, 0.15) is 15.9 Å². The van der Waals surface area contributed by atoms with E-state index in [0.29, 0.717) is 17.1 Å². The van der Waals surface area contributed by atoms with Crippen LogP contribution in [0.25, 0.3) is 0 Å². The summed E-state index contributed by atoms with van der Waals surface area (Å²) in [6, 6.07) is 13.0. The number of hydrogen-bond acceptors (Lipinski definition) is 4. The molecule has 2 aromatic carbocycles. The highest BCUT2D eigenvalue weighted by atomic mass is 16.5. The van der Waals surface area contributed by atoms with Gasteiger partial charge in [0.15, 0.2) is 5.78 Å². The minimum absolute atomic E-state index is 0.157. The zero-order valence-electron chi connectivity index (χ0n) is 12.9. The van der Waals surface area contributed by atoms with E-state index in [1.54, 1.807) is 31.5 Å². The standard InChI is InChI=1S/C18H19NO3/c1-13-5-4-6-14(11-13)19-10-9-17(20)16-12-15(21-2)7-8-18(16)22-3/h4-12,19H,1-3H3. The third kappa shape index (κ3) is 3.88. The van der Waals surface area contributed by atoms with Crippen molar-refractivity contribution in [2.75, 3.05) is 19.5 Å². The van der Waals surface area contributed by atoms with Crippen molar-refractivity contribution >= 4 is 11.5 Å². The van der Waals surface area contributed by atoms with Crippen LogP contribution in [0, 0.1) is 6.92 Å². The maximum atomic E-state index is 12.3. The van der Waals surface area contributed by atoms with E-state index in [1.165, 1.54) is 13.2 Å². The maximum absolute atomic E-state index is 12.3. The number of hydrogen-bond donors (Lipinski definition) is 1. The summed E-state index contributed by atoms with van der Waals surface area (Å²) in [5.41, 5.74) is 2.55. The molecule has 0 aromatic heterocycles. The van der Waals surface area contributed by atoms with Crippen LogP contribution in [-0.2, 0) is 0 Å². The fraction of sp³-hybridized carbons (Fsp3) is 0.167. The molecule has 2 aromatic rings. The number of ketones is 1. The van der Waals surface area contributed by atoms with Gasteiger partial charge < -0.3 is 14.8 Å². The Bertz CT molecular complexity index is 692. The van der Waals surface area contributed by atoms with E-state index in [1.807, 2.05) is 31.2 Å². The van der Waals surface area contributed by atoms with Gasteiger partial charge in [0.05, 0.1) is 19.8 Å². The van der Waals surface area contributed by atoms with Crippen molar-refractivity contribution in [1.29, 1.82) is 0 Å². The van der Waals surface area contributed by atoms with Crippen molar-refractivity contribution in [3.63, 3.8) is 0 Å². The van der Waals surface area contributed by atoms with Gasteiger partial charge in [-0.25, -0.2) is 0 Å². The van der Waals surface area contributed by atoms with Gasteiger partial charge in [-0.3, -0.25) is 4.79 Å². The molecule has 0 saturated heterocycles. The van der Waals surface area contributed by atoms with E-state index >= 15 is 0 Å². The highest BCUT2D eigenvalue weighted by molar-refractivity contribution is 6.06. The molecule has 0 amide bonds. The molecular weight excluding hydrogens is 278 g/mol. The number of rotatable bonds is 6. The summed E-state index contributed by atoms with van der Waals surface area (Å²) < 4.78 is 10.4. The fourth-order valence-electron chi connectivity index (χ4n) is 2.04. The van der Waals surface area contributed by atoms with Gasteiger partial charge in [-0.2, -0.15) is 0 Å². The summed E-state index contributed by atoms with van der Waals surface area (Å²) in [6.45, 7) is 2.02. The highest BCUT2D eigenvalue weighted by Crippen LogP contribution is 2.24. The lowest BCUT2D eigenvalue weighted by Crippen LogP contribution is -2.01. The number of benzene rings is 2. The normalized spacial score (nSPS) is 10.5. The van der Waals surface area contributed by atoms with Crippen LogP contribution in [0.15, 0.2) is 54.7 Å². The molecule has 0 saturated carbocycles. The molecule has 4 heteroatoms. The lowest BCUT2D eigenvalue weighted by molar-refractivity contribution is 0.104. The first kappa shape index (κ1) is 15.6. The van der Waals surface area contributed by atoms with Gasteiger partial charge in [-0.15, -0.1) is 0 Å². The summed E-state index contributed by atoms with van der Waals surface area (Å²) in [7, 11) is 3.10. The number of ether oxygens (including phenoxy) is 2. The Morgan fingerprint density at radius 1 is 1.09 bits per heavy atom. The molecule has 0 bridgehead atoms. The average Bonchev–Trinajstić information content (AvgIpc) is 2.54. The topological polar surface area (TPSA) is 47.6 Å². The number of allylic oxidation sites excluding steroid dienone is 1. The average molecular weight is 297 g/mol. The quantitative estimate of drug-likeness (QED) is 0.650. The lowest BCUT2D eigenvalue weighted by atomic mass is 10.1. The van der Waals surface area contributed by atoms with Crippen LogP contribution in [0.2, 0.25) is 0 Å². The van der Waals surface area contributed by atoms with Gasteiger partial charge in [0.25, 0.3) is 0 Å². The molecule has 1 N–H and O–H groups in total. The molecule has 0 aliphatic carbocycles. The Morgan fingerprint density at radius 2 is 1.91 bits per heavy atom. The number of carbonyl (C=O) groups excluding carboxylic acids is 1. The van der Waals surface area contributed by atoms with Crippen molar-refractivity contribution < 1.29 is 14.3 Å². The van der Waals surface area contributed by atoms with Gasteiger partial charge in [0.1, 0.15) is 11.5 Å². The van der Waals surface area contributed by atoms with Crippen molar-refractivity contribution in [2.45, 2.75) is 6.92 Å². The molecule has 0 radical (unpaired) electrons. The van der Waals surface area contributed by atoms with Crippen molar-refractivity contribution in [2.24, 2.45) is 0 Å². The minimum atomic E-state index is -0.157. The van der Waals surface area contributed by atoms with E-state index in [0.717, 1.165) is 11.3 Å². The summed E-state index contributed by atoms with van der Waals surface area (Å²) in [4.78, 5) is 12.3. The van der Waals surface area contributed by atoms with Gasteiger partial charge in [0.2, 0.25) is 0 Å². The van der Waals surface area contributed by atoms with Crippen molar-refractivity contribution in [3.05, 3.63) is 65.9 Å². The summed E-state index contributed by atoms with van der Waals surface area (Å²) in [5, 5.41) is 3.08. The van der Waals surface area contributed by atoms with E-state index in [-0.39, 0.29) is 5.78 Å². The Morgan fingerprint density at radius 3 is 2.59 bits per heavy atom. The molecule has 2 rings (SSSR count). The van der Waals surface area contributed by atoms with Gasteiger partial charge in [-0.1, -0.05) is 12.1 Å². The fourth-order valence-corrected chi connectivity index (χ4v) is 2.04. The largest absolute Gasteiger partial charge is 0.497 e. The third-order valence-electron chi connectivity index (χ3n) is 3.17. The second-order valence-electron chi connectivity index (χ2n) is 4.78. The van der Waals surface area contributed by atoms with Crippen LogP contribution in [-0.4, -0.2) is 20.0 Å². The third-order valence-corrected chi connectivity index (χ3v) is 3.17. The number of carbonyl (C=O) groups is 1.